The molecule has 0 amide bonds. The molecule has 0 saturated heterocycles. The van der Waals surface area contributed by atoms with E-state index in [9.17, 15) is 5.11 Å². The standard InChI is InChI=1S/C14H27NO/c15-11-14(9-5-1-2-6-10-14)13(16)12-7-3-4-8-12/h12-13,16H,1-11,15H2. The first kappa shape index (κ1) is 12.4. The van der Waals surface area contributed by atoms with Gasteiger partial charge in [-0.2, -0.15) is 0 Å². The summed E-state index contributed by atoms with van der Waals surface area (Å²) in [6.07, 6.45) is 12.4. The Morgan fingerprint density at radius 2 is 1.56 bits per heavy atom. The molecule has 0 radical (unpaired) electrons. The summed E-state index contributed by atoms with van der Waals surface area (Å²) in [6, 6.07) is 0. The van der Waals surface area contributed by atoms with Crippen LogP contribution in [0.15, 0.2) is 0 Å². The molecule has 2 rings (SSSR count). The van der Waals surface area contributed by atoms with E-state index in [1.807, 2.05) is 0 Å². The molecule has 2 saturated carbocycles. The van der Waals surface area contributed by atoms with Crippen LogP contribution >= 0.6 is 0 Å². The summed E-state index contributed by atoms with van der Waals surface area (Å²) >= 11 is 0. The first-order valence-corrected chi connectivity index (χ1v) is 7.17. The van der Waals surface area contributed by atoms with Crippen molar-refractivity contribution >= 4 is 0 Å². The molecule has 1 unspecified atom stereocenters. The smallest absolute Gasteiger partial charge is 0.0636 e. The van der Waals surface area contributed by atoms with Gasteiger partial charge in [0.25, 0.3) is 0 Å². The van der Waals surface area contributed by atoms with Crippen LogP contribution < -0.4 is 5.73 Å². The molecule has 2 aliphatic carbocycles. The molecular weight excluding hydrogens is 198 g/mol. The van der Waals surface area contributed by atoms with Crippen molar-refractivity contribution in [1.82, 2.24) is 0 Å². The zero-order valence-corrected chi connectivity index (χ0v) is 10.5. The maximum atomic E-state index is 10.7. The average molecular weight is 225 g/mol. The van der Waals surface area contributed by atoms with Gasteiger partial charge in [-0.15, -0.1) is 0 Å². The van der Waals surface area contributed by atoms with Gasteiger partial charge in [0.1, 0.15) is 0 Å². The Kier molecular flexibility index (Phi) is 4.26. The summed E-state index contributed by atoms with van der Waals surface area (Å²) in [5.41, 5.74) is 6.08. The maximum absolute atomic E-state index is 10.7. The Bertz CT molecular complexity index is 203. The monoisotopic (exact) mass is 225 g/mol. The Balaban J connectivity index is 2.05. The van der Waals surface area contributed by atoms with Crippen molar-refractivity contribution < 1.29 is 5.11 Å². The van der Waals surface area contributed by atoms with Gasteiger partial charge < -0.3 is 10.8 Å². The molecule has 2 nitrogen and oxygen atoms in total. The molecule has 0 aromatic heterocycles. The second-order valence-corrected chi connectivity index (χ2v) is 5.97. The Labute approximate surface area is 99.6 Å². The molecule has 0 aromatic rings. The molecule has 2 heteroatoms. The molecule has 0 bridgehead atoms. The van der Waals surface area contributed by atoms with E-state index in [-0.39, 0.29) is 11.5 Å². The van der Waals surface area contributed by atoms with E-state index in [0.29, 0.717) is 12.5 Å². The Hall–Kier alpha value is -0.0800. The van der Waals surface area contributed by atoms with E-state index in [0.717, 1.165) is 12.8 Å². The van der Waals surface area contributed by atoms with Crippen LogP contribution in [-0.2, 0) is 0 Å². The maximum Gasteiger partial charge on any atom is 0.0636 e. The molecule has 0 aliphatic heterocycles. The topological polar surface area (TPSA) is 46.2 Å². The normalized spacial score (nSPS) is 28.9. The lowest BCUT2D eigenvalue weighted by Crippen LogP contribution is -2.45. The highest BCUT2D eigenvalue weighted by Gasteiger charge is 2.41. The molecule has 1 atom stereocenters. The number of aliphatic hydroxyl groups excluding tert-OH is 1. The van der Waals surface area contributed by atoms with E-state index in [2.05, 4.69) is 0 Å². The van der Waals surface area contributed by atoms with Gasteiger partial charge in [-0.05, 0) is 31.6 Å². The van der Waals surface area contributed by atoms with Crippen molar-refractivity contribution in [3.8, 4) is 0 Å². The number of rotatable bonds is 3. The summed E-state index contributed by atoms with van der Waals surface area (Å²) in [5, 5.41) is 10.7. The molecular formula is C14H27NO. The summed E-state index contributed by atoms with van der Waals surface area (Å²) in [7, 11) is 0. The Morgan fingerprint density at radius 3 is 2.06 bits per heavy atom. The molecule has 0 spiro atoms. The SMILES string of the molecule is NCC1(C(O)C2CCCC2)CCCCCC1. The predicted molar refractivity (Wildman–Crippen MR) is 67.2 cm³/mol. The van der Waals surface area contributed by atoms with Crippen molar-refractivity contribution in [3.63, 3.8) is 0 Å². The zero-order valence-electron chi connectivity index (χ0n) is 10.5. The third-order valence-electron chi connectivity index (χ3n) is 4.98. The average Bonchev–Trinajstić information content (AvgIpc) is 2.73. The van der Waals surface area contributed by atoms with Gasteiger partial charge in [-0.25, -0.2) is 0 Å². The van der Waals surface area contributed by atoms with Crippen LogP contribution in [0.4, 0.5) is 0 Å². The summed E-state index contributed by atoms with van der Waals surface area (Å²) in [6.45, 7) is 0.685. The quantitative estimate of drug-likeness (QED) is 0.726. The minimum Gasteiger partial charge on any atom is -0.392 e. The zero-order chi connectivity index (χ0) is 11.4. The highest BCUT2D eigenvalue weighted by molar-refractivity contribution is 4.93. The molecule has 2 aliphatic rings. The third-order valence-corrected chi connectivity index (χ3v) is 4.98. The van der Waals surface area contributed by atoms with Gasteiger partial charge in [0.2, 0.25) is 0 Å². The van der Waals surface area contributed by atoms with Crippen molar-refractivity contribution in [1.29, 1.82) is 0 Å². The fourth-order valence-corrected chi connectivity index (χ4v) is 3.83. The number of hydrogen-bond donors (Lipinski definition) is 2. The number of nitrogens with two attached hydrogens (primary N) is 1. The lowest BCUT2D eigenvalue weighted by Gasteiger charge is -2.39. The fraction of sp³-hybridized carbons (Fsp3) is 1.00. The van der Waals surface area contributed by atoms with E-state index >= 15 is 0 Å². The van der Waals surface area contributed by atoms with Crippen LogP contribution in [0.1, 0.15) is 64.2 Å². The first-order valence-electron chi connectivity index (χ1n) is 7.17. The Morgan fingerprint density at radius 1 is 1.00 bits per heavy atom. The molecule has 0 heterocycles. The van der Waals surface area contributed by atoms with Crippen molar-refractivity contribution in [2.24, 2.45) is 17.1 Å². The molecule has 3 N–H and O–H groups in total. The van der Waals surface area contributed by atoms with Gasteiger partial charge in [0.15, 0.2) is 0 Å². The fourth-order valence-electron chi connectivity index (χ4n) is 3.83. The molecule has 94 valence electrons. The van der Waals surface area contributed by atoms with Crippen LogP contribution in [0.5, 0.6) is 0 Å². The van der Waals surface area contributed by atoms with E-state index in [4.69, 9.17) is 5.73 Å². The first-order chi connectivity index (χ1) is 7.78. The van der Waals surface area contributed by atoms with E-state index < -0.39 is 0 Å². The van der Waals surface area contributed by atoms with Crippen molar-refractivity contribution in [3.05, 3.63) is 0 Å². The largest absolute Gasteiger partial charge is 0.392 e. The van der Waals surface area contributed by atoms with Crippen LogP contribution in [0.25, 0.3) is 0 Å². The third kappa shape index (κ3) is 2.43. The summed E-state index contributed by atoms with van der Waals surface area (Å²) in [4.78, 5) is 0. The van der Waals surface area contributed by atoms with Gasteiger partial charge >= 0.3 is 0 Å². The second-order valence-electron chi connectivity index (χ2n) is 5.97. The van der Waals surface area contributed by atoms with Gasteiger partial charge in [0.05, 0.1) is 6.10 Å². The summed E-state index contributed by atoms with van der Waals surface area (Å²) < 4.78 is 0. The lowest BCUT2D eigenvalue weighted by molar-refractivity contribution is -0.0227. The molecule has 2 fully saturated rings. The minimum absolute atomic E-state index is 0.0610. The van der Waals surface area contributed by atoms with Crippen LogP contribution in [0, 0.1) is 11.3 Å². The minimum atomic E-state index is -0.127. The number of aliphatic hydroxyl groups is 1. The van der Waals surface area contributed by atoms with E-state index in [1.165, 1.54) is 51.4 Å². The van der Waals surface area contributed by atoms with Crippen molar-refractivity contribution in [2.75, 3.05) is 6.54 Å². The van der Waals surface area contributed by atoms with Crippen LogP contribution in [0.2, 0.25) is 0 Å². The van der Waals surface area contributed by atoms with Crippen molar-refractivity contribution in [2.45, 2.75) is 70.3 Å². The molecule has 16 heavy (non-hydrogen) atoms. The van der Waals surface area contributed by atoms with Gasteiger partial charge in [-0.1, -0.05) is 38.5 Å². The van der Waals surface area contributed by atoms with Gasteiger partial charge in [-0.3, -0.25) is 0 Å². The predicted octanol–water partition coefficient (Wildman–Crippen LogP) is 2.84. The van der Waals surface area contributed by atoms with Crippen LogP contribution in [-0.4, -0.2) is 17.8 Å². The number of hydrogen-bond acceptors (Lipinski definition) is 2. The second kappa shape index (κ2) is 5.50. The highest BCUT2D eigenvalue weighted by Crippen LogP contribution is 2.43. The lowest BCUT2D eigenvalue weighted by atomic mass is 9.70. The molecule has 0 aromatic carbocycles. The van der Waals surface area contributed by atoms with E-state index in [1.54, 1.807) is 0 Å². The summed E-state index contributed by atoms with van der Waals surface area (Å²) in [5.74, 6) is 0.543. The highest BCUT2D eigenvalue weighted by atomic mass is 16.3. The van der Waals surface area contributed by atoms with Gasteiger partial charge in [0, 0.05) is 12.0 Å². The van der Waals surface area contributed by atoms with Crippen LogP contribution in [0.3, 0.4) is 0 Å².